The van der Waals surface area contributed by atoms with Crippen LogP contribution in [0.5, 0.6) is 17.2 Å². The third-order valence-electron chi connectivity index (χ3n) is 8.82. The minimum atomic E-state index is -0.787. The van der Waals surface area contributed by atoms with E-state index in [-0.39, 0.29) is 43.4 Å². The number of carbonyl (C=O) groups excluding carboxylic acids is 3. The van der Waals surface area contributed by atoms with E-state index in [1.165, 1.54) is 24.1 Å². The average molecular weight is 678 g/mol. The fourth-order valence-electron chi connectivity index (χ4n) is 6.23. The molecule has 0 unspecified atom stereocenters. The van der Waals surface area contributed by atoms with Crippen LogP contribution in [0.15, 0.2) is 89.7 Å². The van der Waals surface area contributed by atoms with Crippen LogP contribution >= 0.6 is 0 Å². The quantitative estimate of drug-likeness (QED) is 0.255. The SMILES string of the molecule is COc1cc2ccc1CNC(=O)COc1cccc(c1)-c1ccc(F)c(c1)C(=O)N[C@@H]1CN(C(=O)c3n[nH]c(=O)c4ccccc34)CC[C@@H]1O2. The first-order valence-corrected chi connectivity index (χ1v) is 16.0. The number of nitrogens with one attached hydrogen (secondary N) is 3. The molecule has 1 aromatic heterocycles. The lowest BCUT2D eigenvalue weighted by Crippen LogP contribution is -2.58. The standard InChI is InChI=1S/C37H32FN5O7/c1-48-32-17-25-11-9-23(32)18-39-33(44)20-49-24-6-4-5-21(15-24)22-10-12-29(38)28(16-22)35(45)40-30-19-43(14-13-31(30)50-25)37(47)34-26-7-2-3-8-27(26)36(46)42-41-34/h2-12,15-17,30-31H,13-14,18-20H2,1H3,(H,39,44)(H,40,45)(H,42,46)/t30-,31+/m1/s1. The fraction of sp³-hybridized carbons (Fsp3) is 0.216. The van der Waals surface area contributed by atoms with E-state index in [1.54, 1.807) is 72.8 Å². The van der Waals surface area contributed by atoms with Gasteiger partial charge in [0.15, 0.2) is 12.3 Å². The minimum Gasteiger partial charge on any atom is -0.496 e. The number of aromatic nitrogens is 2. The van der Waals surface area contributed by atoms with Gasteiger partial charge in [-0.3, -0.25) is 19.2 Å². The van der Waals surface area contributed by atoms with Crippen molar-refractivity contribution in [3.8, 4) is 28.4 Å². The van der Waals surface area contributed by atoms with Crippen LogP contribution in [0.3, 0.4) is 0 Å². The molecule has 4 aromatic carbocycles. The first-order valence-electron chi connectivity index (χ1n) is 16.0. The van der Waals surface area contributed by atoms with Crippen LogP contribution in [-0.4, -0.2) is 71.8 Å². The van der Waals surface area contributed by atoms with E-state index in [1.807, 2.05) is 0 Å². The molecule has 5 aromatic rings. The molecule has 50 heavy (non-hydrogen) atoms. The number of benzene rings is 4. The van der Waals surface area contributed by atoms with Crippen molar-refractivity contribution in [1.29, 1.82) is 0 Å². The summed E-state index contributed by atoms with van der Waals surface area (Å²) >= 11 is 0. The maximum atomic E-state index is 15.3. The molecule has 1 fully saturated rings. The molecule has 3 amide bonds. The van der Waals surface area contributed by atoms with Gasteiger partial charge in [-0.25, -0.2) is 9.49 Å². The number of piperidine rings is 1. The Morgan fingerprint density at radius 3 is 2.60 bits per heavy atom. The zero-order chi connectivity index (χ0) is 34.8. The number of carbonyl (C=O) groups is 3. The Hall–Kier alpha value is -6.24. The van der Waals surface area contributed by atoms with Crippen molar-refractivity contribution < 1.29 is 33.0 Å². The summed E-state index contributed by atoms with van der Waals surface area (Å²) in [6.45, 7) is 0.193. The van der Waals surface area contributed by atoms with Crippen molar-refractivity contribution in [3.05, 3.63) is 118 Å². The monoisotopic (exact) mass is 677 g/mol. The average Bonchev–Trinajstić information content (AvgIpc) is 3.14. The van der Waals surface area contributed by atoms with Crippen molar-refractivity contribution in [3.63, 3.8) is 0 Å². The molecule has 254 valence electrons. The Bertz CT molecular complexity index is 2190. The normalized spacial score (nSPS) is 17.8. The third kappa shape index (κ3) is 6.57. The Labute approximate surface area is 285 Å². The summed E-state index contributed by atoms with van der Waals surface area (Å²) in [7, 11) is 1.50. The second-order valence-corrected chi connectivity index (χ2v) is 12.0. The largest absolute Gasteiger partial charge is 0.496 e. The summed E-state index contributed by atoms with van der Waals surface area (Å²) < 4.78 is 33.0. The van der Waals surface area contributed by atoms with E-state index in [9.17, 15) is 19.2 Å². The van der Waals surface area contributed by atoms with E-state index in [2.05, 4.69) is 20.8 Å². The van der Waals surface area contributed by atoms with Crippen molar-refractivity contribution >= 4 is 28.5 Å². The number of ether oxygens (including phenoxy) is 3. The number of methoxy groups -OCH3 is 1. The summed E-state index contributed by atoms with van der Waals surface area (Å²) in [5.74, 6) is -0.908. The van der Waals surface area contributed by atoms with Crippen LogP contribution in [0.2, 0.25) is 0 Å². The Morgan fingerprint density at radius 1 is 0.940 bits per heavy atom. The first kappa shape index (κ1) is 32.3. The molecule has 1 saturated heterocycles. The summed E-state index contributed by atoms with van der Waals surface area (Å²) in [6, 6.07) is 22.2. The highest BCUT2D eigenvalue weighted by molar-refractivity contribution is 6.05. The number of aromatic amines is 1. The van der Waals surface area contributed by atoms with Crippen LogP contribution in [0.4, 0.5) is 4.39 Å². The van der Waals surface area contributed by atoms with Gasteiger partial charge in [0.25, 0.3) is 23.3 Å². The van der Waals surface area contributed by atoms with Crippen LogP contribution in [-0.2, 0) is 11.3 Å². The van der Waals surface area contributed by atoms with Crippen molar-refractivity contribution in [1.82, 2.24) is 25.7 Å². The van der Waals surface area contributed by atoms with Gasteiger partial charge in [-0.15, -0.1) is 0 Å². The maximum Gasteiger partial charge on any atom is 0.275 e. The van der Waals surface area contributed by atoms with Gasteiger partial charge in [-0.05, 0) is 53.6 Å². The Morgan fingerprint density at radius 2 is 1.76 bits per heavy atom. The number of likely N-dealkylation sites (tertiary alicyclic amines) is 1. The van der Waals surface area contributed by atoms with E-state index in [0.717, 1.165) is 0 Å². The van der Waals surface area contributed by atoms with Gasteiger partial charge in [0, 0.05) is 43.1 Å². The number of nitrogens with zero attached hydrogens (tertiary/aromatic N) is 2. The summed E-state index contributed by atoms with van der Waals surface area (Å²) in [5, 5.41) is 13.0. The van der Waals surface area contributed by atoms with Crippen molar-refractivity contribution in [2.24, 2.45) is 0 Å². The molecule has 0 saturated carbocycles. The summed E-state index contributed by atoms with van der Waals surface area (Å²) in [4.78, 5) is 54.3. The highest BCUT2D eigenvalue weighted by atomic mass is 19.1. The fourth-order valence-corrected chi connectivity index (χ4v) is 6.23. The Balaban J connectivity index is 1.25. The minimum absolute atomic E-state index is 0.00627. The lowest BCUT2D eigenvalue weighted by atomic mass is 9.99. The zero-order valence-corrected chi connectivity index (χ0v) is 26.9. The number of halogens is 1. The van der Waals surface area contributed by atoms with Crippen LogP contribution < -0.4 is 30.4 Å². The number of hydrogen-bond acceptors (Lipinski definition) is 8. The smallest absolute Gasteiger partial charge is 0.275 e. The molecule has 8 rings (SSSR count). The third-order valence-corrected chi connectivity index (χ3v) is 8.82. The predicted octanol–water partition coefficient (Wildman–Crippen LogP) is 3.84. The first-order chi connectivity index (χ1) is 24.3. The predicted molar refractivity (Wildman–Crippen MR) is 181 cm³/mol. The topological polar surface area (TPSA) is 152 Å². The van der Waals surface area contributed by atoms with Gasteiger partial charge in [0.05, 0.1) is 24.1 Å². The van der Waals surface area contributed by atoms with Gasteiger partial charge < -0.3 is 29.7 Å². The second kappa shape index (κ2) is 13.7. The molecule has 0 radical (unpaired) electrons. The van der Waals surface area contributed by atoms with E-state index < -0.39 is 35.3 Å². The highest BCUT2D eigenvalue weighted by Crippen LogP contribution is 2.30. The van der Waals surface area contributed by atoms with Crippen LogP contribution in [0.25, 0.3) is 21.9 Å². The maximum absolute atomic E-state index is 15.3. The van der Waals surface area contributed by atoms with Gasteiger partial charge >= 0.3 is 0 Å². The summed E-state index contributed by atoms with van der Waals surface area (Å²) in [6.07, 6.45) is -0.336. The number of fused-ring (bicyclic) bond motifs is 8. The molecule has 3 aliphatic rings. The zero-order valence-electron chi connectivity index (χ0n) is 26.9. The Kier molecular flexibility index (Phi) is 8.86. The number of hydrogen-bond donors (Lipinski definition) is 3. The van der Waals surface area contributed by atoms with Crippen molar-refractivity contribution in [2.75, 3.05) is 26.8 Å². The molecule has 0 aliphatic carbocycles. The molecule has 3 aliphatic heterocycles. The van der Waals surface area contributed by atoms with Crippen molar-refractivity contribution in [2.45, 2.75) is 25.1 Å². The summed E-state index contributed by atoms with van der Waals surface area (Å²) in [5.41, 5.74) is 1.34. The molecule has 13 heteroatoms. The van der Waals surface area contributed by atoms with E-state index in [4.69, 9.17) is 14.2 Å². The van der Waals surface area contributed by atoms with Gasteiger partial charge in [-0.1, -0.05) is 36.4 Å². The second-order valence-electron chi connectivity index (χ2n) is 12.0. The molecule has 6 bridgehead atoms. The molecular weight excluding hydrogens is 645 g/mol. The number of amides is 3. The molecule has 4 heterocycles. The van der Waals surface area contributed by atoms with Crippen LogP contribution in [0.1, 0.15) is 32.8 Å². The molecule has 2 atom stereocenters. The van der Waals surface area contributed by atoms with Crippen LogP contribution in [0, 0.1) is 5.82 Å². The molecule has 12 nitrogen and oxygen atoms in total. The number of rotatable bonds is 2. The molecular formula is C37H32FN5O7. The van der Waals surface area contributed by atoms with Gasteiger partial charge in [0.2, 0.25) is 0 Å². The molecule has 0 spiro atoms. The van der Waals surface area contributed by atoms with Gasteiger partial charge in [0.1, 0.15) is 29.2 Å². The molecule has 3 N–H and O–H groups in total. The lowest BCUT2D eigenvalue weighted by molar-refractivity contribution is -0.123. The van der Waals surface area contributed by atoms with Gasteiger partial charge in [-0.2, -0.15) is 5.10 Å². The highest BCUT2D eigenvalue weighted by Gasteiger charge is 2.36. The van der Waals surface area contributed by atoms with E-state index in [0.29, 0.717) is 51.1 Å². The number of H-pyrrole nitrogens is 1. The van der Waals surface area contributed by atoms with E-state index >= 15 is 4.39 Å². The lowest BCUT2D eigenvalue weighted by Gasteiger charge is -2.38.